The van der Waals surface area contributed by atoms with Gasteiger partial charge in [-0.15, -0.1) is 0 Å². The number of hydrogen-bond donors (Lipinski definition) is 0. The Kier molecular flexibility index (Phi) is 7.69. The van der Waals surface area contributed by atoms with Crippen molar-refractivity contribution in [3.05, 3.63) is 108 Å². The minimum absolute atomic E-state index is 0.533. The van der Waals surface area contributed by atoms with Crippen LogP contribution in [0, 0.1) is 0 Å². The van der Waals surface area contributed by atoms with Gasteiger partial charge in [0, 0.05) is 11.1 Å². The van der Waals surface area contributed by atoms with Crippen molar-refractivity contribution in [1.82, 2.24) is 0 Å². The molecule has 0 unspecified atom stereocenters. The number of allylic oxidation sites excluding steroid dienone is 3. The Balaban J connectivity index is 2.48. The maximum Gasteiger partial charge on any atom is 0.161 e. The summed E-state index contributed by atoms with van der Waals surface area (Å²) in [6.45, 7) is 9.95. The molecule has 0 amide bonds. The first-order valence-corrected chi connectivity index (χ1v) is 8.43. The van der Waals surface area contributed by atoms with Crippen LogP contribution in [0.15, 0.2) is 112 Å². The molecule has 3 heteroatoms. The fourth-order valence-corrected chi connectivity index (χ4v) is 2.33. The average Bonchev–Trinajstić information content (AvgIpc) is 2.69. The lowest BCUT2D eigenvalue weighted by molar-refractivity contribution is 1.06. The molecule has 2 aromatic carbocycles. The highest BCUT2D eigenvalue weighted by atomic mass is 15.0. The predicted molar refractivity (Wildman–Crippen MR) is 113 cm³/mol. The summed E-state index contributed by atoms with van der Waals surface area (Å²) in [5.41, 5.74) is 2.88. The van der Waals surface area contributed by atoms with Crippen LogP contribution < -0.4 is 0 Å². The van der Waals surface area contributed by atoms with Crippen LogP contribution in [0.3, 0.4) is 0 Å². The molecule has 0 spiro atoms. The first-order valence-electron chi connectivity index (χ1n) is 8.43. The Morgan fingerprint density at radius 1 is 1.00 bits per heavy atom. The second kappa shape index (κ2) is 10.5. The molecular formula is C23H23N3. The van der Waals surface area contributed by atoms with Crippen LogP contribution in [0.1, 0.15) is 18.1 Å². The first kappa shape index (κ1) is 19.0. The molecule has 26 heavy (non-hydrogen) atoms. The summed E-state index contributed by atoms with van der Waals surface area (Å²) in [5, 5.41) is 0. The van der Waals surface area contributed by atoms with Crippen LogP contribution >= 0.6 is 0 Å². The van der Waals surface area contributed by atoms with Gasteiger partial charge >= 0.3 is 0 Å². The molecule has 0 N–H and O–H groups in total. The van der Waals surface area contributed by atoms with E-state index in [9.17, 15) is 0 Å². The van der Waals surface area contributed by atoms with Gasteiger partial charge in [0.1, 0.15) is 0 Å². The van der Waals surface area contributed by atoms with Crippen molar-refractivity contribution in [2.45, 2.75) is 13.5 Å². The third-order valence-corrected chi connectivity index (χ3v) is 3.55. The van der Waals surface area contributed by atoms with Crippen molar-refractivity contribution in [3.8, 4) is 0 Å². The van der Waals surface area contributed by atoms with Crippen LogP contribution in [-0.4, -0.2) is 18.4 Å². The van der Waals surface area contributed by atoms with Gasteiger partial charge in [0.2, 0.25) is 0 Å². The van der Waals surface area contributed by atoms with Gasteiger partial charge in [-0.2, -0.15) is 0 Å². The van der Waals surface area contributed by atoms with E-state index in [1.165, 1.54) is 0 Å². The van der Waals surface area contributed by atoms with E-state index in [2.05, 4.69) is 23.3 Å². The van der Waals surface area contributed by atoms with Crippen LogP contribution in [0.5, 0.6) is 0 Å². The molecule has 2 rings (SSSR count). The molecule has 0 aliphatic heterocycles. The monoisotopic (exact) mass is 341 g/mol. The molecule has 2 aromatic rings. The van der Waals surface area contributed by atoms with Gasteiger partial charge in [-0.05, 0) is 19.2 Å². The van der Waals surface area contributed by atoms with Crippen molar-refractivity contribution in [2.24, 2.45) is 15.0 Å². The summed E-state index contributed by atoms with van der Waals surface area (Å²) in [6.07, 6.45) is 7.53. The third-order valence-electron chi connectivity index (χ3n) is 3.55. The van der Waals surface area contributed by atoms with Crippen LogP contribution in [0.4, 0.5) is 0 Å². The average molecular weight is 341 g/mol. The first-order chi connectivity index (χ1) is 12.8. The van der Waals surface area contributed by atoms with E-state index in [1.54, 1.807) is 6.08 Å². The molecule has 0 saturated carbocycles. The minimum atomic E-state index is 0.533. The highest BCUT2D eigenvalue weighted by molar-refractivity contribution is 6.13. The Hall–Kier alpha value is -3.33. The molecule has 0 saturated heterocycles. The van der Waals surface area contributed by atoms with E-state index in [-0.39, 0.29) is 0 Å². The Bertz CT molecular complexity index is 842. The van der Waals surface area contributed by atoms with Crippen LogP contribution in [-0.2, 0) is 6.54 Å². The number of hydrogen-bond acceptors (Lipinski definition) is 1. The quantitative estimate of drug-likeness (QED) is 0.382. The largest absolute Gasteiger partial charge is 0.261 e. The van der Waals surface area contributed by atoms with E-state index < -0.39 is 0 Å². The van der Waals surface area contributed by atoms with Gasteiger partial charge < -0.3 is 0 Å². The molecule has 0 bridgehead atoms. The van der Waals surface area contributed by atoms with Gasteiger partial charge in [-0.25, -0.2) is 9.98 Å². The number of nitrogens with zero attached hydrogens (tertiary/aromatic N) is 3. The molecule has 0 heterocycles. The molecular weight excluding hydrogens is 318 g/mol. The molecule has 0 fully saturated rings. The topological polar surface area (TPSA) is 37.1 Å². The van der Waals surface area contributed by atoms with E-state index in [0.29, 0.717) is 18.2 Å². The second-order valence-electron chi connectivity index (χ2n) is 5.44. The lowest BCUT2D eigenvalue weighted by atomic mass is 10.1. The SMILES string of the molecule is C=C/C=C(\C=C/C)C(=NCc1ccccc1)N=C(N=C)c1ccccc1. The summed E-state index contributed by atoms with van der Waals surface area (Å²) < 4.78 is 0. The molecule has 0 atom stereocenters. The molecule has 0 aliphatic rings. The van der Waals surface area contributed by atoms with Gasteiger partial charge in [-0.1, -0.05) is 91.5 Å². The Labute approximate surface area is 155 Å². The molecule has 0 aliphatic carbocycles. The zero-order valence-electron chi connectivity index (χ0n) is 15.0. The zero-order valence-corrected chi connectivity index (χ0v) is 15.0. The second-order valence-corrected chi connectivity index (χ2v) is 5.44. The van der Waals surface area contributed by atoms with E-state index in [0.717, 1.165) is 16.7 Å². The maximum atomic E-state index is 4.72. The van der Waals surface area contributed by atoms with E-state index >= 15 is 0 Å². The third kappa shape index (κ3) is 5.64. The van der Waals surface area contributed by atoms with E-state index in [1.807, 2.05) is 85.8 Å². The fourth-order valence-electron chi connectivity index (χ4n) is 2.33. The van der Waals surface area contributed by atoms with Gasteiger partial charge in [0.05, 0.1) is 6.54 Å². The summed E-state index contributed by atoms with van der Waals surface area (Å²) in [5.74, 6) is 1.13. The van der Waals surface area contributed by atoms with Crippen molar-refractivity contribution >= 4 is 18.4 Å². The normalized spacial score (nSPS) is 13.0. The molecule has 0 aromatic heterocycles. The zero-order chi connectivity index (χ0) is 18.6. The molecule has 0 radical (unpaired) electrons. The summed E-state index contributed by atoms with van der Waals surface area (Å²) in [6, 6.07) is 19.8. The number of benzene rings is 2. The summed E-state index contributed by atoms with van der Waals surface area (Å²) in [7, 11) is 0. The number of amidine groups is 2. The van der Waals surface area contributed by atoms with Gasteiger partial charge in [0.15, 0.2) is 11.7 Å². The number of aliphatic imine (C=N–C) groups is 3. The smallest absolute Gasteiger partial charge is 0.161 e. The predicted octanol–water partition coefficient (Wildman–Crippen LogP) is 5.42. The molecule has 3 nitrogen and oxygen atoms in total. The van der Waals surface area contributed by atoms with Crippen LogP contribution in [0.25, 0.3) is 0 Å². The summed E-state index contributed by atoms with van der Waals surface area (Å²) >= 11 is 0. The fraction of sp³-hybridized carbons (Fsp3) is 0.0870. The Morgan fingerprint density at radius 2 is 1.65 bits per heavy atom. The van der Waals surface area contributed by atoms with Crippen molar-refractivity contribution in [2.75, 3.05) is 0 Å². The molecule has 130 valence electrons. The van der Waals surface area contributed by atoms with Crippen molar-refractivity contribution in [3.63, 3.8) is 0 Å². The van der Waals surface area contributed by atoms with Crippen LogP contribution in [0.2, 0.25) is 0 Å². The van der Waals surface area contributed by atoms with Crippen molar-refractivity contribution in [1.29, 1.82) is 0 Å². The summed E-state index contributed by atoms with van der Waals surface area (Å²) in [4.78, 5) is 13.5. The lowest BCUT2D eigenvalue weighted by Gasteiger charge is -2.06. The minimum Gasteiger partial charge on any atom is -0.261 e. The van der Waals surface area contributed by atoms with Gasteiger partial charge in [-0.3, -0.25) is 4.99 Å². The lowest BCUT2D eigenvalue weighted by Crippen LogP contribution is -2.06. The number of rotatable bonds is 6. The Morgan fingerprint density at radius 3 is 2.23 bits per heavy atom. The van der Waals surface area contributed by atoms with Gasteiger partial charge in [0.25, 0.3) is 0 Å². The standard InChI is InChI=1S/C23H23N3/c1-4-12-20(13-5-2)23(25-18-19-14-8-6-9-15-19)26-22(24-3)21-16-10-7-11-17-21/h4-17H,1,3,18H2,2H3/b13-5-,20-12+,25-23?,26-22?. The maximum absolute atomic E-state index is 4.72. The van der Waals surface area contributed by atoms with E-state index in [4.69, 9.17) is 4.99 Å². The highest BCUT2D eigenvalue weighted by Crippen LogP contribution is 2.10. The highest BCUT2D eigenvalue weighted by Gasteiger charge is 2.07. The van der Waals surface area contributed by atoms with Crippen molar-refractivity contribution < 1.29 is 0 Å².